The van der Waals surface area contributed by atoms with E-state index in [2.05, 4.69) is 13.8 Å². The molecule has 0 N–H and O–H groups in total. The Kier molecular flexibility index (Phi) is 5.15. The van der Waals surface area contributed by atoms with Crippen molar-refractivity contribution in [3.63, 3.8) is 0 Å². The first kappa shape index (κ1) is 15.3. The highest BCUT2D eigenvalue weighted by molar-refractivity contribution is 5.91. The number of benzene rings is 2. The molecule has 0 saturated heterocycles. The zero-order chi connectivity index (χ0) is 15.2. The average molecular weight is 282 g/mol. The second-order valence-electron chi connectivity index (χ2n) is 5.51. The minimum absolute atomic E-state index is 0.315. The van der Waals surface area contributed by atoms with Crippen LogP contribution < -0.4 is 4.74 Å². The van der Waals surface area contributed by atoms with E-state index in [9.17, 15) is 4.79 Å². The van der Waals surface area contributed by atoms with Crippen molar-refractivity contribution in [3.8, 4) is 5.75 Å². The summed E-state index contributed by atoms with van der Waals surface area (Å²) in [5.74, 6) is 0.814. The third-order valence-corrected chi connectivity index (χ3v) is 3.67. The monoisotopic (exact) mass is 282 g/mol. The van der Waals surface area contributed by atoms with Crippen molar-refractivity contribution in [2.75, 3.05) is 0 Å². The zero-order valence-corrected chi connectivity index (χ0v) is 12.9. The van der Waals surface area contributed by atoms with Gasteiger partial charge in [-0.1, -0.05) is 50.1 Å². The van der Waals surface area contributed by atoms with Gasteiger partial charge < -0.3 is 4.74 Å². The summed E-state index contributed by atoms with van der Waals surface area (Å²) in [6.45, 7) is 6.40. The lowest BCUT2D eigenvalue weighted by Crippen LogP contribution is -2.08. The van der Waals surface area contributed by atoms with Crippen molar-refractivity contribution in [3.05, 3.63) is 65.2 Å². The summed E-state index contributed by atoms with van der Waals surface area (Å²) < 4.78 is 5.40. The Labute approximate surface area is 126 Å². The molecule has 0 amide bonds. The highest BCUT2D eigenvalue weighted by Crippen LogP contribution is 2.23. The molecule has 0 heterocycles. The molecule has 0 bridgehead atoms. The van der Waals surface area contributed by atoms with E-state index in [4.69, 9.17) is 4.74 Å². The van der Waals surface area contributed by atoms with Gasteiger partial charge in [-0.15, -0.1) is 0 Å². The normalized spacial score (nSPS) is 12.0. The van der Waals surface area contributed by atoms with Crippen LogP contribution in [-0.4, -0.2) is 5.97 Å². The second-order valence-corrected chi connectivity index (χ2v) is 5.51. The van der Waals surface area contributed by atoms with Crippen LogP contribution in [0.5, 0.6) is 5.75 Å². The Morgan fingerprint density at radius 3 is 2.24 bits per heavy atom. The van der Waals surface area contributed by atoms with Gasteiger partial charge in [0.2, 0.25) is 0 Å². The highest BCUT2D eigenvalue weighted by Gasteiger charge is 2.09. The minimum Gasteiger partial charge on any atom is -0.423 e. The third kappa shape index (κ3) is 4.19. The van der Waals surface area contributed by atoms with Gasteiger partial charge in [0.1, 0.15) is 5.75 Å². The molecule has 0 fully saturated rings. The Bertz CT molecular complexity index is 582. The van der Waals surface area contributed by atoms with Crippen LogP contribution in [0.15, 0.2) is 48.5 Å². The van der Waals surface area contributed by atoms with E-state index in [1.807, 2.05) is 43.3 Å². The number of carbonyl (C=O) groups is 1. The summed E-state index contributed by atoms with van der Waals surface area (Å²) in [7, 11) is 0. The number of esters is 1. The van der Waals surface area contributed by atoms with Crippen molar-refractivity contribution in [2.24, 2.45) is 0 Å². The molecule has 2 heteroatoms. The molecule has 0 aromatic heterocycles. The van der Waals surface area contributed by atoms with Gasteiger partial charge in [0.25, 0.3) is 0 Å². The quantitative estimate of drug-likeness (QED) is 0.562. The maximum Gasteiger partial charge on any atom is 0.343 e. The third-order valence-electron chi connectivity index (χ3n) is 3.67. The lowest BCUT2D eigenvalue weighted by molar-refractivity contribution is 0.0734. The maximum absolute atomic E-state index is 12.0. The molecule has 110 valence electrons. The summed E-state index contributed by atoms with van der Waals surface area (Å²) in [5, 5.41) is 0. The van der Waals surface area contributed by atoms with Gasteiger partial charge >= 0.3 is 5.97 Å². The molecule has 2 rings (SSSR count). The molecular weight excluding hydrogens is 260 g/mol. The highest BCUT2D eigenvalue weighted by atomic mass is 16.5. The van der Waals surface area contributed by atoms with Crippen molar-refractivity contribution in [2.45, 2.75) is 39.5 Å². The molecule has 2 aromatic rings. The molecule has 2 nitrogen and oxygen atoms in total. The Balaban J connectivity index is 2.03. The zero-order valence-electron chi connectivity index (χ0n) is 12.9. The van der Waals surface area contributed by atoms with Crippen LogP contribution in [0.3, 0.4) is 0 Å². The van der Waals surface area contributed by atoms with Gasteiger partial charge in [-0.25, -0.2) is 4.79 Å². The predicted molar refractivity (Wildman–Crippen MR) is 85.9 cm³/mol. The molecule has 0 spiro atoms. The molecule has 0 aliphatic rings. The lowest BCUT2D eigenvalue weighted by Gasteiger charge is -2.11. The fraction of sp³-hybridized carbons (Fsp3) is 0.316. The van der Waals surface area contributed by atoms with Gasteiger partial charge in [0, 0.05) is 0 Å². The van der Waals surface area contributed by atoms with E-state index >= 15 is 0 Å². The van der Waals surface area contributed by atoms with Gasteiger partial charge in [-0.05, 0) is 49.1 Å². The Morgan fingerprint density at radius 2 is 1.67 bits per heavy atom. The van der Waals surface area contributed by atoms with E-state index < -0.39 is 0 Å². The van der Waals surface area contributed by atoms with Crippen LogP contribution in [0.25, 0.3) is 0 Å². The first-order valence-electron chi connectivity index (χ1n) is 7.49. The first-order chi connectivity index (χ1) is 10.1. The molecule has 2 aromatic carbocycles. The fourth-order valence-electron chi connectivity index (χ4n) is 2.32. The van der Waals surface area contributed by atoms with Crippen LogP contribution in [0.1, 0.15) is 54.1 Å². The molecule has 0 radical (unpaired) electrons. The average Bonchev–Trinajstić information content (AvgIpc) is 2.49. The van der Waals surface area contributed by atoms with Crippen LogP contribution in [0.2, 0.25) is 0 Å². The van der Waals surface area contributed by atoms with Crippen LogP contribution >= 0.6 is 0 Å². The fourth-order valence-corrected chi connectivity index (χ4v) is 2.32. The molecular formula is C19H22O2. The predicted octanol–water partition coefficient (Wildman–Crippen LogP) is 5.12. The SMILES string of the molecule is CCCC(C)c1ccc(OC(=O)c2ccc(C)cc2)cc1. The molecule has 1 atom stereocenters. The summed E-state index contributed by atoms with van der Waals surface area (Å²) >= 11 is 0. The van der Waals surface area contributed by atoms with Crippen molar-refractivity contribution in [1.82, 2.24) is 0 Å². The standard InChI is InChI=1S/C19H22O2/c1-4-5-15(3)16-10-12-18(13-11-16)21-19(20)17-8-6-14(2)7-9-17/h6-13,15H,4-5H2,1-3H3. The van der Waals surface area contributed by atoms with E-state index in [0.29, 0.717) is 17.2 Å². The largest absolute Gasteiger partial charge is 0.423 e. The number of hydrogen-bond acceptors (Lipinski definition) is 2. The number of ether oxygens (including phenoxy) is 1. The number of rotatable bonds is 5. The maximum atomic E-state index is 12.0. The molecule has 0 aliphatic heterocycles. The second kappa shape index (κ2) is 7.07. The molecule has 0 aliphatic carbocycles. The van der Waals surface area contributed by atoms with E-state index in [1.54, 1.807) is 12.1 Å². The Hall–Kier alpha value is -2.09. The summed E-state index contributed by atoms with van der Waals surface area (Å²) in [6.07, 6.45) is 2.34. The Morgan fingerprint density at radius 1 is 1.05 bits per heavy atom. The molecule has 0 saturated carbocycles. The summed E-state index contributed by atoms with van der Waals surface area (Å²) in [5.41, 5.74) is 2.98. The van der Waals surface area contributed by atoms with Gasteiger partial charge in [0.15, 0.2) is 0 Å². The molecule has 21 heavy (non-hydrogen) atoms. The number of aryl methyl sites for hydroxylation is 1. The van der Waals surface area contributed by atoms with Gasteiger partial charge in [-0.2, -0.15) is 0 Å². The van der Waals surface area contributed by atoms with Crippen molar-refractivity contribution >= 4 is 5.97 Å². The van der Waals surface area contributed by atoms with Crippen molar-refractivity contribution < 1.29 is 9.53 Å². The van der Waals surface area contributed by atoms with Crippen LogP contribution in [0, 0.1) is 6.92 Å². The topological polar surface area (TPSA) is 26.3 Å². The van der Waals surface area contributed by atoms with E-state index in [0.717, 1.165) is 5.56 Å². The minimum atomic E-state index is -0.315. The number of hydrogen-bond donors (Lipinski definition) is 0. The summed E-state index contributed by atoms with van der Waals surface area (Å²) in [6, 6.07) is 15.2. The van der Waals surface area contributed by atoms with Gasteiger partial charge in [0.05, 0.1) is 5.56 Å². The van der Waals surface area contributed by atoms with Gasteiger partial charge in [-0.3, -0.25) is 0 Å². The van der Waals surface area contributed by atoms with E-state index in [-0.39, 0.29) is 5.97 Å². The number of carbonyl (C=O) groups excluding carboxylic acids is 1. The summed E-state index contributed by atoms with van der Waals surface area (Å²) in [4.78, 5) is 12.0. The lowest BCUT2D eigenvalue weighted by atomic mass is 9.97. The van der Waals surface area contributed by atoms with Crippen molar-refractivity contribution in [1.29, 1.82) is 0 Å². The van der Waals surface area contributed by atoms with Crippen LogP contribution in [0.4, 0.5) is 0 Å². The smallest absolute Gasteiger partial charge is 0.343 e. The van der Waals surface area contributed by atoms with E-state index in [1.165, 1.54) is 18.4 Å². The molecule has 1 unspecified atom stereocenters. The van der Waals surface area contributed by atoms with Crippen LogP contribution in [-0.2, 0) is 0 Å². The first-order valence-corrected chi connectivity index (χ1v) is 7.49.